The molecule has 0 radical (unpaired) electrons. The van der Waals surface area contributed by atoms with Gasteiger partial charge in [0.2, 0.25) is 5.78 Å². The van der Waals surface area contributed by atoms with Gasteiger partial charge in [0.25, 0.3) is 0 Å². The molecule has 142 valence electrons. The largest absolute Gasteiger partial charge is 0.487 e. The third kappa shape index (κ3) is 4.69. The van der Waals surface area contributed by atoms with E-state index in [1.165, 1.54) is 19.1 Å². The molecule has 0 fully saturated rings. The smallest absolute Gasteiger partial charge is 0.339 e. The van der Waals surface area contributed by atoms with E-state index in [0.717, 1.165) is 17.2 Å². The number of ether oxygens (including phenoxy) is 2. The topological polar surface area (TPSA) is 95.7 Å². The summed E-state index contributed by atoms with van der Waals surface area (Å²) < 4.78 is 10.4. The second-order valence-corrected chi connectivity index (χ2v) is 6.10. The maximum Gasteiger partial charge on any atom is 0.339 e. The van der Waals surface area contributed by atoms with E-state index in [9.17, 15) is 19.7 Å². The number of ketones is 1. The number of rotatable bonds is 7. The minimum absolute atomic E-state index is 0.0224. The second-order valence-electron chi connectivity index (χ2n) is 6.10. The lowest BCUT2D eigenvalue weighted by Crippen LogP contribution is -2.25. The van der Waals surface area contributed by atoms with Crippen molar-refractivity contribution in [3.05, 3.63) is 68.8 Å². The summed E-state index contributed by atoms with van der Waals surface area (Å²) in [5.41, 5.74) is 1.83. The Morgan fingerprint density at radius 2 is 1.85 bits per heavy atom. The quantitative estimate of drug-likeness (QED) is 0.315. The molecule has 0 amide bonds. The molecule has 0 unspecified atom stereocenters. The Morgan fingerprint density at radius 3 is 2.48 bits per heavy atom. The Labute approximate surface area is 157 Å². The van der Waals surface area contributed by atoms with Crippen molar-refractivity contribution in [3.63, 3.8) is 0 Å². The van der Waals surface area contributed by atoms with Crippen LogP contribution >= 0.6 is 0 Å². The molecular formula is C20H21NO6. The third-order valence-corrected chi connectivity index (χ3v) is 4.00. The van der Waals surface area contributed by atoms with Crippen LogP contribution in [0.5, 0.6) is 5.75 Å². The summed E-state index contributed by atoms with van der Waals surface area (Å²) in [5.74, 6) is -1.07. The molecule has 0 aliphatic heterocycles. The van der Waals surface area contributed by atoms with Crippen LogP contribution in [0.4, 0.5) is 5.69 Å². The zero-order chi connectivity index (χ0) is 20.1. The highest BCUT2D eigenvalue weighted by Crippen LogP contribution is 2.28. The van der Waals surface area contributed by atoms with Crippen LogP contribution in [0.2, 0.25) is 0 Å². The monoisotopic (exact) mass is 371 g/mol. The summed E-state index contributed by atoms with van der Waals surface area (Å²) in [6, 6.07) is 9.26. The predicted octanol–water partition coefficient (Wildman–Crippen LogP) is 4.04. The lowest BCUT2D eigenvalue weighted by molar-refractivity contribution is -0.385. The molecule has 1 atom stereocenters. The van der Waals surface area contributed by atoms with E-state index >= 15 is 0 Å². The Balaban J connectivity index is 2.21. The van der Waals surface area contributed by atoms with Gasteiger partial charge in [0.15, 0.2) is 11.9 Å². The number of nitro benzene ring substituents is 1. The van der Waals surface area contributed by atoms with Crippen molar-refractivity contribution in [2.45, 2.75) is 33.8 Å². The molecule has 7 heteroatoms. The summed E-state index contributed by atoms with van der Waals surface area (Å²) in [5, 5.41) is 11.2. The van der Waals surface area contributed by atoms with Crippen LogP contribution in [0.3, 0.4) is 0 Å². The van der Waals surface area contributed by atoms with Gasteiger partial charge < -0.3 is 9.47 Å². The molecule has 0 aliphatic rings. The number of hydrogen-bond donors (Lipinski definition) is 0. The van der Waals surface area contributed by atoms with Crippen LogP contribution in [-0.2, 0) is 4.74 Å². The normalized spacial score (nSPS) is 11.6. The van der Waals surface area contributed by atoms with Crippen LogP contribution in [0.25, 0.3) is 0 Å². The van der Waals surface area contributed by atoms with E-state index in [1.54, 1.807) is 19.9 Å². The SMILES string of the molecule is CCOc1ccc(C(=O)O[C@H](C)C(=O)c2cc(C)ccc2C)cc1[N+](=O)[O-]. The summed E-state index contributed by atoms with van der Waals surface area (Å²) in [6.45, 7) is 7.10. The molecule has 0 N–H and O–H groups in total. The summed E-state index contributed by atoms with van der Waals surface area (Å²) >= 11 is 0. The highest BCUT2D eigenvalue weighted by molar-refractivity contribution is 6.02. The van der Waals surface area contributed by atoms with E-state index in [2.05, 4.69) is 0 Å². The summed E-state index contributed by atoms with van der Waals surface area (Å²) in [7, 11) is 0. The summed E-state index contributed by atoms with van der Waals surface area (Å²) in [6.07, 6.45) is -1.02. The van der Waals surface area contributed by atoms with Crippen LogP contribution in [0.1, 0.15) is 45.7 Å². The number of hydrogen-bond acceptors (Lipinski definition) is 6. The van der Waals surface area contributed by atoms with E-state index in [0.29, 0.717) is 5.56 Å². The lowest BCUT2D eigenvalue weighted by Gasteiger charge is -2.14. The molecule has 0 spiro atoms. The van der Waals surface area contributed by atoms with Crippen LogP contribution < -0.4 is 4.74 Å². The fourth-order valence-corrected chi connectivity index (χ4v) is 2.57. The number of esters is 1. The molecule has 2 rings (SSSR count). The van der Waals surface area contributed by atoms with Gasteiger partial charge in [0, 0.05) is 11.6 Å². The Morgan fingerprint density at radius 1 is 1.15 bits per heavy atom. The van der Waals surface area contributed by atoms with Crippen molar-refractivity contribution in [1.29, 1.82) is 0 Å². The highest BCUT2D eigenvalue weighted by atomic mass is 16.6. The highest BCUT2D eigenvalue weighted by Gasteiger charge is 2.24. The average molecular weight is 371 g/mol. The molecule has 0 saturated heterocycles. The van der Waals surface area contributed by atoms with Crippen LogP contribution in [0.15, 0.2) is 36.4 Å². The zero-order valence-electron chi connectivity index (χ0n) is 15.6. The molecule has 0 heterocycles. The standard InChI is InChI=1S/C20H21NO6/c1-5-26-18-9-8-15(11-17(18)21(24)25)20(23)27-14(4)19(22)16-10-12(2)6-7-13(16)3/h6-11,14H,5H2,1-4H3/t14-/m1/s1. The number of carbonyl (C=O) groups is 2. The molecule has 0 saturated carbocycles. The van der Waals surface area contributed by atoms with Gasteiger partial charge in [0.05, 0.1) is 17.1 Å². The van der Waals surface area contributed by atoms with Gasteiger partial charge in [-0.15, -0.1) is 0 Å². The van der Waals surface area contributed by atoms with Crippen LogP contribution in [0, 0.1) is 24.0 Å². The van der Waals surface area contributed by atoms with Crippen molar-refractivity contribution < 1.29 is 24.0 Å². The van der Waals surface area contributed by atoms with Gasteiger partial charge in [-0.1, -0.05) is 17.7 Å². The fraction of sp³-hybridized carbons (Fsp3) is 0.300. The van der Waals surface area contributed by atoms with Crippen molar-refractivity contribution >= 4 is 17.4 Å². The van der Waals surface area contributed by atoms with Crippen molar-refractivity contribution in [3.8, 4) is 5.75 Å². The van der Waals surface area contributed by atoms with Gasteiger partial charge in [-0.2, -0.15) is 0 Å². The first kappa shape index (κ1) is 20.1. The average Bonchev–Trinajstić information content (AvgIpc) is 2.63. The van der Waals surface area contributed by atoms with E-state index in [-0.39, 0.29) is 29.4 Å². The maximum atomic E-state index is 12.6. The van der Waals surface area contributed by atoms with Gasteiger partial charge in [-0.25, -0.2) is 4.79 Å². The Kier molecular flexibility index (Phi) is 6.28. The van der Waals surface area contributed by atoms with Gasteiger partial charge in [-0.05, 0) is 51.5 Å². The molecule has 7 nitrogen and oxygen atoms in total. The molecule has 27 heavy (non-hydrogen) atoms. The lowest BCUT2D eigenvalue weighted by atomic mass is 9.99. The number of Topliss-reactive ketones (excluding diaryl/α,β-unsaturated/α-hetero) is 1. The third-order valence-electron chi connectivity index (χ3n) is 4.00. The van der Waals surface area contributed by atoms with E-state index in [4.69, 9.17) is 9.47 Å². The molecule has 0 aliphatic carbocycles. The molecule has 0 bridgehead atoms. The fourth-order valence-electron chi connectivity index (χ4n) is 2.57. The Bertz CT molecular complexity index is 890. The maximum absolute atomic E-state index is 12.6. The van der Waals surface area contributed by atoms with Crippen molar-refractivity contribution in [2.24, 2.45) is 0 Å². The van der Waals surface area contributed by atoms with Gasteiger partial charge in [0.1, 0.15) is 0 Å². The van der Waals surface area contributed by atoms with Crippen LogP contribution in [-0.4, -0.2) is 29.4 Å². The first-order valence-corrected chi connectivity index (χ1v) is 8.48. The zero-order valence-corrected chi connectivity index (χ0v) is 15.6. The number of nitro groups is 1. The first-order chi connectivity index (χ1) is 12.7. The van der Waals surface area contributed by atoms with Crippen molar-refractivity contribution in [1.82, 2.24) is 0 Å². The van der Waals surface area contributed by atoms with Gasteiger partial charge >= 0.3 is 11.7 Å². The van der Waals surface area contributed by atoms with E-state index in [1.807, 2.05) is 19.1 Å². The molecule has 2 aromatic rings. The summed E-state index contributed by atoms with van der Waals surface area (Å²) in [4.78, 5) is 35.5. The first-order valence-electron chi connectivity index (χ1n) is 8.48. The predicted molar refractivity (Wildman–Crippen MR) is 99.4 cm³/mol. The number of nitrogens with zero attached hydrogens (tertiary/aromatic N) is 1. The minimum Gasteiger partial charge on any atom is -0.487 e. The number of aryl methyl sites for hydroxylation is 2. The molecule has 0 aromatic heterocycles. The molecule has 2 aromatic carbocycles. The van der Waals surface area contributed by atoms with E-state index < -0.39 is 17.0 Å². The second kappa shape index (κ2) is 8.44. The minimum atomic E-state index is -1.02. The Hall–Kier alpha value is -3.22. The molecular weight excluding hydrogens is 350 g/mol. The van der Waals surface area contributed by atoms with Crippen molar-refractivity contribution in [2.75, 3.05) is 6.61 Å². The number of carbonyl (C=O) groups excluding carboxylic acids is 2. The van der Waals surface area contributed by atoms with Gasteiger partial charge in [-0.3, -0.25) is 14.9 Å². The number of benzene rings is 2.